The van der Waals surface area contributed by atoms with Gasteiger partial charge in [0.2, 0.25) is 5.91 Å². The standard InChI is InChI=1S/C44H73NO8/c1-3-5-7-9-11-12-13-14-15-16-17-18-19-20-21-22-23-24-25-26-28-30-32-34-40(48)45-37(38(47)33-31-29-27-10-8-6-4-2)36-52-44-43(51)42(50)41(49)39(35-46)53-44/h5,7-8,10-12,14-15,17-18,20-21,31,33,37-39,41-44,46-47,49-51H,3-4,6,9,13,16,19,22-30,32,34-36H2,1-2H3,(H,45,48)/b7-5-,10-8+,12-11-,15-14-,18-17-,21-20-,33-31+. The lowest BCUT2D eigenvalue weighted by atomic mass is 9.99. The Bertz CT molecular complexity index is 1090. The minimum absolute atomic E-state index is 0.209. The van der Waals surface area contributed by atoms with Crippen LogP contribution in [0.1, 0.15) is 129 Å². The van der Waals surface area contributed by atoms with E-state index in [2.05, 4.69) is 92.1 Å². The average Bonchev–Trinajstić information content (AvgIpc) is 3.16. The van der Waals surface area contributed by atoms with Crippen LogP contribution in [0.5, 0.6) is 0 Å². The summed E-state index contributed by atoms with van der Waals surface area (Å²) < 4.78 is 11.1. The van der Waals surface area contributed by atoms with Crippen LogP contribution in [0.25, 0.3) is 0 Å². The van der Waals surface area contributed by atoms with E-state index in [-0.39, 0.29) is 12.5 Å². The number of aliphatic hydroxyl groups excluding tert-OH is 5. The van der Waals surface area contributed by atoms with Crippen molar-refractivity contribution in [1.82, 2.24) is 5.32 Å². The molecule has 1 fully saturated rings. The number of allylic oxidation sites excluding steroid dienone is 13. The largest absolute Gasteiger partial charge is 0.394 e. The molecule has 1 saturated heterocycles. The topological polar surface area (TPSA) is 149 Å². The van der Waals surface area contributed by atoms with Crippen LogP contribution in [0, 0.1) is 0 Å². The van der Waals surface area contributed by atoms with Crippen molar-refractivity contribution < 1.29 is 39.8 Å². The van der Waals surface area contributed by atoms with Crippen LogP contribution >= 0.6 is 0 Å². The van der Waals surface area contributed by atoms with Crippen LogP contribution in [-0.4, -0.2) is 87.5 Å². The molecule has 0 radical (unpaired) electrons. The van der Waals surface area contributed by atoms with Crippen molar-refractivity contribution in [1.29, 1.82) is 0 Å². The van der Waals surface area contributed by atoms with E-state index in [1.165, 1.54) is 19.3 Å². The third-order valence-electron chi connectivity index (χ3n) is 8.93. The molecule has 0 aromatic heterocycles. The van der Waals surface area contributed by atoms with E-state index in [0.29, 0.717) is 6.42 Å². The fourth-order valence-corrected chi connectivity index (χ4v) is 5.67. The number of hydrogen-bond acceptors (Lipinski definition) is 8. The predicted octanol–water partition coefficient (Wildman–Crippen LogP) is 7.60. The van der Waals surface area contributed by atoms with Gasteiger partial charge in [-0.1, -0.05) is 137 Å². The summed E-state index contributed by atoms with van der Waals surface area (Å²) in [4.78, 5) is 12.8. The number of carbonyl (C=O) groups is 1. The molecule has 0 aliphatic carbocycles. The van der Waals surface area contributed by atoms with Gasteiger partial charge >= 0.3 is 0 Å². The minimum Gasteiger partial charge on any atom is -0.394 e. The van der Waals surface area contributed by atoms with Crippen LogP contribution < -0.4 is 5.32 Å². The summed E-state index contributed by atoms with van der Waals surface area (Å²) in [7, 11) is 0. The molecular formula is C44H73NO8. The van der Waals surface area contributed by atoms with E-state index >= 15 is 0 Å². The van der Waals surface area contributed by atoms with Gasteiger partial charge in [0.15, 0.2) is 6.29 Å². The summed E-state index contributed by atoms with van der Waals surface area (Å²) in [5.41, 5.74) is 0. The van der Waals surface area contributed by atoms with Crippen molar-refractivity contribution in [2.45, 2.75) is 172 Å². The maximum absolute atomic E-state index is 12.8. The van der Waals surface area contributed by atoms with Crippen LogP contribution in [0.15, 0.2) is 85.1 Å². The second-order valence-corrected chi connectivity index (χ2v) is 13.7. The highest BCUT2D eigenvalue weighted by molar-refractivity contribution is 5.76. The van der Waals surface area contributed by atoms with Crippen LogP contribution in [-0.2, 0) is 14.3 Å². The molecule has 1 rings (SSSR count). The molecule has 7 atom stereocenters. The van der Waals surface area contributed by atoms with Crippen molar-refractivity contribution in [2.75, 3.05) is 13.2 Å². The molecule has 7 unspecified atom stereocenters. The van der Waals surface area contributed by atoms with Gasteiger partial charge < -0.3 is 40.3 Å². The zero-order valence-electron chi connectivity index (χ0n) is 32.7. The molecule has 0 aromatic rings. The average molecular weight is 744 g/mol. The fraction of sp³-hybridized carbons (Fsp3) is 0.659. The van der Waals surface area contributed by atoms with E-state index in [1.807, 2.05) is 6.08 Å². The lowest BCUT2D eigenvalue weighted by molar-refractivity contribution is -0.302. The molecule has 1 amide bonds. The summed E-state index contributed by atoms with van der Waals surface area (Å²) in [5, 5.41) is 53.7. The molecule has 53 heavy (non-hydrogen) atoms. The van der Waals surface area contributed by atoms with Crippen molar-refractivity contribution in [2.24, 2.45) is 0 Å². The van der Waals surface area contributed by atoms with Gasteiger partial charge in [-0.3, -0.25) is 4.79 Å². The molecule has 6 N–H and O–H groups in total. The molecule has 1 aliphatic rings. The maximum atomic E-state index is 12.8. The zero-order valence-corrected chi connectivity index (χ0v) is 32.7. The summed E-state index contributed by atoms with van der Waals surface area (Å²) >= 11 is 0. The van der Waals surface area contributed by atoms with E-state index in [4.69, 9.17) is 9.47 Å². The predicted molar refractivity (Wildman–Crippen MR) is 216 cm³/mol. The highest BCUT2D eigenvalue weighted by Gasteiger charge is 2.44. The van der Waals surface area contributed by atoms with Gasteiger partial charge in [-0.2, -0.15) is 0 Å². The molecule has 0 saturated carbocycles. The smallest absolute Gasteiger partial charge is 0.220 e. The first-order chi connectivity index (χ1) is 25.8. The molecule has 9 nitrogen and oxygen atoms in total. The number of carbonyl (C=O) groups excluding carboxylic acids is 1. The Kier molecular flexibility index (Phi) is 31.0. The van der Waals surface area contributed by atoms with Crippen molar-refractivity contribution >= 4 is 5.91 Å². The molecule has 9 heteroatoms. The second-order valence-electron chi connectivity index (χ2n) is 13.7. The highest BCUT2D eigenvalue weighted by atomic mass is 16.7. The third-order valence-corrected chi connectivity index (χ3v) is 8.93. The molecule has 302 valence electrons. The Hall–Kier alpha value is -2.63. The Balaban J connectivity index is 2.30. The summed E-state index contributed by atoms with van der Waals surface area (Å²) in [6, 6.07) is -0.829. The summed E-state index contributed by atoms with van der Waals surface area (Å²) in [5.74, 6) is -0.209. The van der Waals surface area contributed by atoms with E-state index in [9.17, 15) is 30.3 Å². The molecule has 0 bridgehead atoms. The van der Waals surface area contributed by atoms with Gasteiger partial charge in [-0.15, -0.1) is 0 Å². The van der Waals surface area contributed by atoms with Crippen molar-refractivity contribution in [3.05, 3.63) is 85.1 Å². The van der Waals surface area contributed by atoms with Gasteiger partial charge in [0, 0.05) is 6.42 Å². The quantitative estimate of drug-likeness (QED) is 0.0314. The Morgan fingerprint density at radius 1 is 0.660 bits per heavy atom. The number of ether oxygens (including phenoxy) is 2. The lowest BCUT2D eigenvalue weighted by Crippen LogP contribution is -2.60. The van der Waals surface area contributed by atoms with Gasteiger partial charge in [0.25, 0.3) is 0 Å². The molecule has 0 spiro atoms. The number of hydrogen-bond donors (Lipinski definition) is 6. The first kappa shape index (κ1) is 48.4. The first-order valence-corrected chi connectivity index (χ1v) is 20.3. The SMILES string of the molecule is CC/C=C\C/C=C\C/C=C\C/C=C\C/C=C\CCCCCCCCCC(=O)NC(COC1OC(CO)C(O)C(O)C1O)C(O)/C=C/CC/C=C/CCC. The van der Waals surface area contributed by atoms with Gasteiger partial charge in [0.05, 0.1) is 25.4 Å². The second kappa shape index (κ2) is 33.9. The highest BCUT2D eigenvalue weighted by Crippen LogP contribution is 2.22. The first-order valence-electron chi connectivity index (χ1n) is 20.3. The normalized spacial score (nSPS) is 22.6. The Morgan fingerprint density at radius 3 is 1.79 bits per heavy atom. The van der Waals surface area contributed by atoms with Crippen LogP contribution in [0.3, 0.4) is 0 Å². The van der Waals surface area contributed by atoms with Crippen LogP contribution in [0.4, 0.5) is 0 Å². The van der Waals surface area contributed by atoms with E-state index < -0.39 is 49.5 Å². The number of unbranched alkanes of at least 4 members (excludes halogenated alkanes) is 9. The third kappa shape index (κ3) is 25.1. The number of nitrogens with one attached hydrogen (secondary N) is 1. The lowest BCUT2D eigenvalue weighted by Gasteiger charge is -2.40. The van der Waals surface area contributed by atoms with Gasteiger partial charge in [0.1, 0.15) is 24.4 Å². The monoisotopic (exact) mass is 744 g/mol. The van der Waals surface area contributed by atoms with Gasteiger partial charge in [-0.25, -0.2) is 0 Å². The molecule has 1 heterocycles. The van der Waals surface area contributed by atoms with Gasteiger partial charge in [-0.05, 0) is 70.6 Å². The minimum atomic E-state index is -1.58. The number of rotatable bonds is 31. The number of aliphatic hydroxyl groups is 5. The summed E-state index contributed by atoms with van der Waals surface area (Å²) in [6.07, 6.45) is 39.4. The van der Waals surface area contributed by atoms with E-state index in [1.54, 1.807) is 6.08 Å². The summed E-state index contributed by atoms with van der Waals surface area (Å²) in [6.45, 7) is 3.49. The fourth-order valence-electron chi connectivity index (χ4n) is 5.67. The zero-order chi connectivity index (χ0) is 38.8. The maximum Gasteiger partial charge on any atom is 0.220 e. The Morgan fingerprint density at radius 2 is 1.19 bits per heavy atom. The van der Waals surface area contributed by atoms with Crippen LogP contribution in [0.2, 0.25) is 0 Å². The Labute approximate surface area is 321 Å². The van der Waals surface area contributed by atoms with E-state index in [0.717, 1.165) is 89.9 Å². The molecule has 1 aliphatic heterocycles. The van der Waals surface area contributed by atoms with Crippen molar-refractivity contribution in [3.8, 4) is 0 Å². The molecule has 0 aromatic carbocycles. The molecular weight excluding hydrogens is 670 g/mol. The number of amides is 1. The van der Waals surface area contributed by atoms with Crippen molar-refractivity contribution in [3.63, 3.8) is 0 Å².